The Morgan fingerprint density at radius 3 is 2.71 bits per heavy atom. The Balaban J connectivity index is 1.40. The van der Waals surface area contributed by atoms with Crippen molar-refractivity contribution in [2.45, 2.75) is 13.5 Å². The molecule has 1 saturated heterocycles. The molecule has 7 heteroatoms. The summed E-state index contributed by atoms with van der Waals surface area (Å²) in [7, 11) is 0. The van der Waals surface area contributed by atoms with Crippen LogP contribution in [-0.4, -0.2) is 31.7 Å². The predicted octanol–water partition coefficient (Wildman–Crippen LogP) is 2.14. The Morgan fingerprint density at radius 1 is 1.14 bits per heavy atom. The number of hydrogen-bond acceptors (Lipinski definition) is 5. The Kier molecular flexibility index (Phi) is 5.16. The molecule has 2 aromatic carbocycles. The van der Waals surface area contributed by atoms with Gasteiger partial charge in [-0.25, -0.2) is 0 Å². The highest BCUT2D eigenvalue weighted by atomic mass is 16.7. The molecule has 1 atom stereocenters. The second kappa shape index (κ2) is 7.90. The minimum Gasteiger partial charge on any atom is -0.454 e. The molecule has 0 bridgehead atoms. The highest BCUT2D eigenvalue weighted by Gasteiger charge is 2.29. The third kappa shape index (κ3) is 3.80. The van der Waals surface area contributed by atoms with Crippen LogP contribution in [0, 0.1) is 11.8 Å². The van der Waals surface area contributed by atoms with E-state index in [0.717, 1.165) is 18.7 Å². The van der Waals surface area contributed by atoms with Gasteiger partial charge in [-0.15, -0.1) is 0 Å². The second-order valence-corrected chi connectivity index (χ2v) is 7.11. The quantitative estimate of drug-likeness (QED) is 0.714. The fraction of sp³-hybridized carbons (Fsp3) is 0.333. The molecule has 1 fully saturated rings. The van der Waals surface area contributed by atoms with Gasteiger partial charge < -0.3 is 25.4 Å². The molecule has 0 radical (unpaired) electrons. The Bertz CT molecular complexity index is 895. The van der Waals surface area contributed by atoms with Gasteiger partial charge in [0.15, 0.2) is 11.5 Å². The molecular formula is C21H23N3O4. The van der Waals surface area contributed by atoms with E-state index in [2.05, 4.69) is 16.0 Å². The van der Waals surface area contributed by atoms with E-state index in [1.54, 1.807) is 24.3 Å². The Hall–Kier alpha value is -3.06. The molecule has 146 valence electrons. The molecule has 3 N–H and O–H groups in total. The fourth-order valence-electron chi connectivity index (χ4n) is 3.24. The first-order chi connectivity index (χ1) is 13.6. The van der Waals surface area contributed by atoms with E-state index in [1.165, 1.54) is 0 Å². The largest absolute Gasteiger partial charge is 0.454 e. The zero-order valence-electron chi connectivity index (χ0n) is 15.7. The molecule has 2 aromatic rings. The molecule has 0 saturated carbocycles. The Labute approximate surface area is 163 Å². The van der Waals surface area contributed by atoms with Crippen LogP contribution >= 0.6 is 0 Å². The van der Waals surface area contributed by atoms with Gasteiger partial charge in [0.1, 0.15) is 0 Å². The molecule has 0 aromatic heterocycles. The topological polar surface area (TPSA) is 88.7 Å². The maximum atomic E-state index is 12.7. The van der Waals surface area contributed by atoms with Crippen molar-refractivity contribution in [1.29, 1.82) is 0 Å². The normalized spacial score (nSPS) is 16.2. The average Bonchev–Trinajstić information content (AvgIpc) is 3.13. The molecule has 28 heavy (non-hydrogen) atoms. The van der Waals surface area contributed by atoms with Gasteiger partial charge in [-0.05, 0) is 48.8 Å². The van der Waals surface area contributed by atoms with E-state index in [0.29, 0.717) is 35.2 Å². The smallest absolute Gasteiger partial charge is 0.253 e. The summed E-state index contributed by atoms with van der Waals surface area (Å²) in [6, 6.07) is 12.6. The van der Waals surface area contributed by atoms with Crippen LogP contribution in [0.3, 0.4) is 0 Å². The lowest BCUT2D eigenvalue weighted by atomic mass is 9.88. The molecule has 7 nitrogen and oxygen atoms in total. The van der Waals surface area contributed by atoms with Crippen molar-refractivity contribution in [3.05, 3.63) is 53.6 Å². The minimum absolute atomic E-state index is 0.0671. The van der Waals surface area contributed by atoms with Crippen LogP contribution in [0.25, 0.3) is 0 Å². The molecule has 2 amide bonds. The first-order valence-corrected chi connectivity index (χ1v) is 9.39. The number of carbonyl (C=O) groups is 2. The summed E-state index contributed by atoms with van der Waals surface area (Å²) in [5.41, 5.74) is 1.87. The van der Waals surface area contributed by atoms with Crippen molar-refractivity contribution in [3.63, 3.8) is 0 Å². The standard InChI is InChI=1S/C21H23N3O4/c1-13(15-10-22-11-15)20(25)24-17-5-3-2-4-16(17)21(26)23-9-14-6-7-18-19(8-14)28-12-27-18/h2-8,13,15,22H,9-12H2,1H3,(H,23,26)(H,24,25). The molecule has 4 rings (SSSR count). The minimum atomic E-state index is -0.244. The molecule has 0 aliphatic carbocycles. The molecule has 2 aliphatic heterocycles. The van der Waals surface area contributed by atoms with Crippen LogP contribution in [0.5, 0.6) is 11.5 Å². The zero-order chi connectivity index (χ0) is 19.5. The van der Waals surface area contributed by atoms with Crippen LogP contribution in [0.15, 0.2) is 42.5 Å². The number of rotatable bonds is 6. The zero-order valence-corrected chi connectivity index (χ0v) is 15.7. The highest BCUT2D eigenvalue weighted by molar-refractivity contribution is 6.04. The Morgan fingerprint density at radius 2 is 1.93 bits per heavy atom. The van der Waals surface area contributed by atoms with Crippen molar-refractivity contribution in [2.24, 2.45) is 11.8 Å². The summed E-state index contributed by atoms with van der Waals surface area (Å²) in [6.45, 7) is 4.19. The number of benzene rings is 2. The summed E-state index contributed by atoms with van der Waals surface area (Å²) in [5.74, 6) is 1.31. The van der Waals surface area contributed by atoms with E-state index < -0.39 is 0 Å². The predicted molar refractivity (Wildman–Crippen MR) is 104 cm³/mol. The molecule has 2 heterocycles. The number of nitrogens with one attached hydrogen (secondary N) is 3. The molecule has 2 aliphatic rings. The van der Waals surface area contributed by atoms with E-state index in [1.807, 2.05) is 25.1 Å². The van der Waals surface area contributed by atoms with Crippen LogP contribution in [-0.2, 0) is 11.3 Å². The summed E-state index contributed by atoms with van der Waals surface area (Å²) in [5, 5.41) is 8.98. The van der Waals surface area contributed by atoms with Gasteiger partial charge in [-0.3, -0.25) is 9.59 Å². The summed E-state index contributed by atoms with van der Waals surface area (Å²) in [6.07, 6.45) is 0. The van der Waals surface area contributed by atoms with E-state index >= 15 is 0 Å². The maximum absolute atomic E-state index is 12.7. The van der Waals surface area contributed by atoms with Crippen molar-refractivity contribution in [2.75, 3.05) is 25.2 Å². The lowest BCUT2D eigenvalue weighted by Crippen LogP contribution is -2.48. The first-order valence-electron chi connectivity index (χ1n) is 9.39. The van der Waals surface area contributed by atoms with Gasteiger partial charge in [0.25, 0.3) is 5.91 Å². The lowest BCUT2D eigenvalue weighted by molar-refractivity contribution is -0.121. The number of anilines is 1. The fourth-order valence-corrected chi connectivity index (χ4v) is 3.24. The van der Waals surface area contributed by atoms with Gasteiger partial charge in [-0.1, -0.05) is 25.1 Å². The number of hydrogen-bond donors (Lipinski definition) is 3. The van der Waals surface area contributed by atoms with Crippen LogP contribution in [0.2, 0.25) is 0 Å². The third-order valence-corrected chi connectivity index (χ3v) is 5.25. The van der Waals surface area contributed by atoms with Crippen LogP contribution in [0.4, 0.5) is 5.69 Å². The summed E-state index contributed by atoms with van der Waals surface area (Å²) in [4.78, 5) is 25.2. The number of fused-ring (bicyclic) bond motifs is 1. The van der Waals surface area contributed by atoms with Crippen molar-refractivity contribution in [3.8, 4) is 11.5 Å². The summed E-state index contributed by atoms with van der Waals surface area (Å²) < 4.78 is 10.7. The molecular weight excluding hydrogens is 358 g/mol. The van der Waals surface area contributed by atoms with E-state index in [9.17, 15) is 9.59 Å². The third-order valence-electron chi connectivity index (χ3n) is 5.25. The number of carbonyl (C=O) groups excluding carboxylic acids is 2. The summed E-state index contributed by atoms with van der Waals surface area (Å²) >= 11 is 0. The van der Waals surface area contributed by atoms with Crippen LogP contribution < -0.4 is 25.4 Å². The highest BCUT2D eigenvalue weighted by Crippen LogP contribution is 2.32. The number of amides is 2. The van der Waals surface area contributed by atoms with Crippen molar-refractivity contribution in [1.82, 2.24) is 10.6 Å². The second-order valence-electron chi connectivity index (χ2n) is 7.11. The SMILES string of the molecule is CC(C(=O)Nc1ccccc1C(=O)NCc1ccc2c(c1)OCO2)C1CNC1. The van der Waals surface area contributed by atoms with Gasteiger partial charge >= 0.3 is 0 Å². The first kappa shape index (κ1) is 18.3. The van der Waals surface area contributed by atoms with E-state index in [-0.39, 0.29) is 24.5 Å². The van der Waals surface area contributed by atoms with Gasteiger partial charge in [0, 0.05) is 12.5 Å². The van der Waals surface area contributed by atoms with Crippen molar-refractivity contribution >= 4 is 17.5 Å². The monoisotopic (exact) mass is 381 g/mol. The van der Waals surface area contributed by atoms with Gasteiger partial charge in [-0.2, -0.15) is 0 Å². The molecule has 1 unspecified atom stereocenters. The number of ether oxygens (including phenoxy) is 2. The maximum Gasteiger partial charge on any atom is 0.253 e. The van der Waals surface area contributed by atoms with Crippen LogP contribution in [0.1, 0.15) is 22.8 Å². The van der Waals surface area contributed by atoms with Gasteiger partial charge in [0.2, 0.25) is 12.7 Å². The van der Waals surface area contributed by atoms with E-state index in [4.69, 9.17) is 9.47 Å². The number of para-hydroxylation sites is 1. The van der Waals surface area contributed by atoms with Crippen molar-refractivity contribution < 1.29 is 19.1 Å². The molecule has 0 spiro atoms. The van der Waals surface area contributed by atoms with Gasteiger partial charge in [0.05, 0.1) is 11.3 Å². The average molecular weight is 381 g/mol. The lowest BCUT2D eigenvalue weighted by Gasteiger charge is -2.31.